The Bertz CT molecular complexity index is 604. The summed E-state index contributed by atoms with van der Waals surface area (Å²) in [5, 5.41) is 4.49. The van der Waals surface area contributed by atoms with Gasteiger partial charge in [0.05, 0.1) is 11.1 Å². The monoisotopic (exact) mass is 266 g/mol. The highest BCUT2D eigenvalue weighted by atomic mass is 35.5. The second-order valence-corrected chi connectivity index (χ2v) is 6.15. The fourth-order valence-corrected chi connectivity index (χ4v) is 2.76. The van der Waals surface area contributed by atoms with Gasteiger partial charge in [0.15, 0.2) is 5.65 Å². The molecule has 2 aromatic heterocycles. The van der Waals surface area contributed by atoms with E-state index in [1.54, 1.807) is 0 Å². The van der Waals surface area contributed by atoms with Crippen LogP contribution in [-0.2, 0) is 12.1 Å². The lowest BCUT2D eigenvalue weighted by Gasteiger charge is -2.17. The van der Waals surface area contributed by atoms with Crippen molar-refractivity contribution in [1.29, 1.82) is 0 Å². The van der Waals surface area contributed by atoms with Gasteiger partial charge in [0.25, 0.3) is 0 Å². The number of nitrogens with zero attached hydrogens (tertiary/aromatic N) is 4. The predicted octanol–water partition coefficient (Wildman–Crippen LogP) is 3.37. The fraction of sp³-hybridized carbons (Fsp3) is 0.692. The molecule has 18 heavy (non-hydrogen) atoms. The van der Waals surface area contributed by atoms with Crippen LogP contribution in [0.15, 0.2) is 0 Å². The SMILES string of the molecule is CCn1nc(C)c2nc(C(C)Cl)n(C3(C)CC3)c21. The zero-order valence-electron chi connectivity index (χ0n) is 11.4. The molecule has 2 aromatic rings. The van der Waals surface area contributed by atoms with Gasteiger partial charge in [-0.2, -0.15) is 5.10 Å². The molecule has 1 saturated carbocycles. The van der Waals surface area contributed by atoms with E-state index in [-0.39, 0.29) is 10.9 Å². The van der Waals surface area contributed by atoms with Crippen molar-refractivity contribution in [3.05, 3.63) is 11.5 Å². The topological polar surface area (TPSA) is 35.6 Å². The van der Waals surface area contributed by atoms with Gasteiger partial charge in [0.1, 0.15) is 11.3 Å². The summed E-state index contributed by atoms with van der Waals surface area (Å²) in [6.07, 6.45) is 2.39. The minimum atomic E-state index is -0.0699. The van der Waals surface area contributed by atoms with Gasteiger partial charge >= 0.3 is 0 Å². The van der Waals surface area contributed by atoms with Crippen LogP contribution in [0.2, 0.25) is 0 Å². The smallest absolute Gasteiger partial charge is 0.159 e. The van der Waals surface area contributed by atoms with Crippen molar-refractivity contribution in [2.24, 2.45) is 0 Å². The van der Waals surface area contributed by atoms with Gasteiger partial charge in [-0.05, 0) is 40.5 Å². The summed E-state index contributed by atoms with van der Waals surface area (Å²) in [4.78, 5) is 4.73. The van der Waals surface area contributed by atoms with Gasteiger partial charge in [-0.25, -0.2) is 9.67 Å². The number of aromatic nitrogens is 4. The standard InChI is InChI=1S/C13H19ClN4/c1-5-17-12-10(9(3)16-17)15-11(8(2)14)18(12)13(4)6-7-13/h8H,5-7H2,1-4H3. The summed E-state index contributed by atoms with van der Waals surface area (Å²) in [5.41, 5.74) is 3.32. The van der Waals surface area contributed by atoms with Crippen molar-refractivity contribution in [1.82, 2.24) is 19.3 Å². The molecule has 1 unspecified atom stereocenters. The van der Waals surface area contributed by atoms with Crippen molar-refractivity contribution in [2.75, 3.05) is 0 Å². The van der Waals surface area contributed by atoms with Crippen molar-refractivity contribution >= 4 is 22.8 Å². The summed E-state index contributed by atoms with van der Waals surface area (Å²) in [6.45, 7) is 9.26. The van der Waals surface area contributed by atoms with Crippen molar-refractivity contribution in [3.8, 4) is 0 Å². The molecule has 1 atom stereocenters. The molecule has 0 aliphatic heterocycles. The van der Waals surface area contributed by atoms with E-state index >= 15 is 0 Å². The summed E-state index contributed by atoms with van der Waals surface area (Å²) < 4.78 is 4.37. The van der Waals surface area contributed by atoms with E-state index in [0.29, 0.717) is 0 Å². The number of rotatable bonds is 3. The first-order valence-electron chi connectivity index (χ1n) is 6.58. The molecular weight excluding hydrogens is 248 g/mol. The second kappa shape index (κ2) is 3.73. The first kappa shape index (κ1) is 12.0. The molecule has 0 saturated heterocycles. The number of hydrogen-bond acceptors (Lipinski definition) is 2. The first-order valence-corrected chi connectivity index (χ1v) is 7.02. The molecule has 0 bridgehead atoms. The van der Waals surface area contributed by atoms with E-state index in [4.69, 9.17) is 16.6 Å². The third-order valence-corrected chi connectivity index (χ3v) is 4.10. The minimum absolute atomic E-state index is 0.0699. The molecule has 0 radical (unpaired) electrons. The summed E-state index contributed by atoms with van der Waals surface area (Å²) in [7, 11) is 0. The number of aryl methyl sites for hydroxylation is 2. The maximum Gasteiger partial charge on any atom is 0.159 e. The summed E-state index contributed by atoms with van der Waals surface area (Å²) >= 11 is 6.31. The Morgan fingerprint density at radius 3 is 2.61 bits per heavy atom. The number of imidazole rings is 1. The zero-order chi connectivity index (χ0) is 13.1. The molecule has 3 rings (SSSR count). The van der Waals surface area contributed by atoms with Crippen LogP contribution in [0, 0.1) is 6.92 Å². The van der Waals surface area contributed by atoms with Crippen LogP contribution in [-0.4, -0.2) is 19.3 Å². The Labute approximate surface area is 112 Å². The Balaban J connectivity index is 2.36. The molecule has 0 aromatic carbocycles. The van der Waals surface area contributed by atoms with Crippen LogP contribution in [0.5, 0.6) is 0 Å². The molecule has 1 fully saturated rings. The van der Waals surface area contributed by atoms with Crippen LogP contribution in [0.1, 0.15) is 50.5 Å². The fourth-order valence-electron chi connectivity index (χ4n) is 2.61. The maximum absolute atomic E-state index is 6.31. The molecule has 98 valence electrons. The lowest BCUT2D eigenvalue weighted by atomic mass is 10.3. The predicted molar refractivity (Wildman–Crippen MR) is 73.1 cm³/mol. The van der Waals surface area contributed by atoms with E-state index in [2.05, 4.69) is 23.5 Å². The molecule has 0 N–H and O–H groups in total. The molecule has 0 spiro atoms. The Morgan fingerprint density at radius 2 is 2.11 bits per heavy atom. The Kier molecular flexibility index (Phi) is 2.49. The first-order chi connectivity index (χ1) is 8.48. The maximum atomic E-state index is 6.31. The highest BCUT2D eigenvalue weighted by Gasteiger charge is 2.43. The molecular formula is C13H19ClN4. The second-order valence-electron chi connectivity index (χ2n) is 5.49. The van der Waals surface area contributed by atoms with Gasteiger partial charge in [-0.15, -0.1) is 11.6 Å². The normalized spacial score (nSPS) is 19.4. The third kappa shape index (κ3) is 1.51. The van der Waals surface area contributed by atoms with Crippen molar-refractivity contribution in [3.63, 3.8) is 0 Å². The Hall–Kier alpha value is -1.03. The van der Waals surface area contributed by atoms with Crippen LogP contribution < -0.4 is 0 Å². The number of fused-ring (bicyclic) bond motifs is 1. The number of alkyl halides is 1. The van der Waals surface area contributed by atoms with Crippen LogP contribution in [0.3, 0.4) is 0 Å². The van der Waals surface area contributed by atoms with Gasteiger partial charge in [-0.1, -0.05) is 0 Å². The number of hydrogen-bond donors (Lipinski definition) is 0. The van der Waals surface area contributed by atoms with E-state index in [9.17, 15) is 0 Å². The quantitative estimate of drug-likeness (QED) is 0.799. The van der Waals surface area contributed by atoms with Gasteiger partial charge in [0.2, 0.25) is 0 Å². The van der Waals surface area contributed by atoms with E-state index < -0.39 is 0 Å². The van der Waals surface area contributed by atoms with Gasteiger partial charge in [0, 0.05) is 12.1 Å². The average Bonchev–Trinajstić information content (AvgIpc) is 2.82. The molecule has 1 aliphatic rings. The van der Waals surface area contributed by atoms with Crippen molar-refractivity contribution < 1.29 is 0 Å². The lowest BCUT2D eigenvalue weighted by molar-refractivity contribution is 0.502. The van der Waals surface area contributed by atoms with Crippen LogP contribution in [0.4, 0.5) is 0 Å². The highest BCUT2D eigenvalue weighted by molar-refractivity contribution is 6.20. The lowest BCUT2D eigenvalue weighted by Crippen LogP contribution is -2.18. The van der Waals surface area contributed by atoms with Gasteiger partial charge in [-0.3, -0.25) is 0 Å². The minimum Gasteiger partial charge on any atom is -0.306 e. The van der Waals surface area contributed by atoms with E-state index in [0.717, 1.165) is 29.2 Å². The molecule has 0 amide bonds. The summed E-state index contributed by atoms with van der Waals surface area (Å²) in [5.74, 6) is 0.981. The van der Waals surface area contributed by atoms with Crippen molar-refractivity contribution in [2.45, 2.75) is 58.0 Å². The summed E-state index contributed by atoms with van der Waals surface area (Å²) in [6, 6.07) is 0. The van der Waals surface area contributed by atoms with E-state index in [1.807, 2.05) is 18.5 Å². The number of halogens is 1. The third-order valence-electron chi connectivity index (χ3n) is 3.91. The molecule has 5 heteroatoms. The molecule has 1 aliphatic carbocycles. The molecule has 2 heterocycles. The van der Waals surface area contributed by atoms with E-state index in [1.165, 1.54) is 12.8 Å². The van der Waals surface area contributed by atoms with Gasteiger partial charge < -0.3 is 4.57 Å². The highest BCUT2D eigenvalue weighted by Crippen LogP contribution is 2.47. The largest absolute Gasteiger partial charge is 0.306 e. The Morgan fingerprint density at radius 1 is 1.44 bits per heavy atom. The zero-order valence-corrected chi connectivity index (χ0v) is 12.1. The molecule has 4 nitrogen and oxygen atoms in total. The van der Waals surface area contributed by atoms with Crippen LogP contribution in [0.25, 0.3) is 11.2 Å². The average molecular weight is 267 g/mol. The van der Waals surface area contributed by atoms with Crippen LogP contribution >= 0.6 is 11.6 Å².